The largest absolute Gasteiger partial charge is 0.479 e. The molecule has 0 saturated carbocycles. The molecule has 1 aliphatic rings. The van der Waals surface area contributed by atoms with E-state index >= 15 is 0 Å². The van der Waals surface area contributed by atoms with Crippen LogP contribution in [0.15, 0.2) is 104 Å². The van der Waals surface area contributed by atoms with Gasteiger partial charge >= 0.3 is 5.97 Å². The number of imidazole rings is 1. The summed E-state index contributed by atoms with van der Waals surface area (Å²) in [6, 6.07) is 27.5. The quantitative estimate of drug-likeness (QED) is 0.143. The van der Waals surface area contributed by atoms with Gasteiger partial charge in [0.2, 0.25) is 5.91 Å². The molecule has 5 atom stereocenters. The Hall–Kier alpha value is -4.82. The number of carboxylic acid groups (broad SMARTS) is 1. The molecule has 45 heavy (non-hydrogen) atoms. The summed E-state index contributed by atoms with van der Waals surface area (Å²) in [7, 11) is 0. The summed E-state index contributed by atoms with van der Waals surface area (Å²) in [6.45, 7) is 0. The standard InChI is InChI=1S/C32H31N7O5S/c33-22(16-45-32(19-10-4-1-5-11-19,20-12-6-2-7-13-20)21-14-8-3-9-15-21)29(41)38-23-25(40)30(44-26(23)31(42)43)39-18-37-24-27(34)35-17-36-28(24)39/h1-15,17-18,22-23,25-26,30,40H,16,33H2,(H,38,41)(H,42,43)(H2,34,35,36). The van der Waals surface area contributed by atoms with Crippen LogP contribution >= 0.6 is 11.8 Å². The summed E-state index contributed by atoms with van der Waals surface area (Å²) >= 11 is 1.50. The lowest BCUT2D eigenvalue weighted by Crippen LogP contribution is -2.54. The zero-order chi connectivity index (χ0) is 31.6. The summed E-state index contributed by atoms with van der Waals surface area (Å²) in [5, 5.41) is 23.8. The number of rotatable bonds is 10. The van der Waals surface area contributed by atoms with Crippen molar-refractivity contribution in [2.24, 2.45) is 5.73 Å². The summed E-state index contributed by atoms with van der Waals surface area (Å²) in [5.41, 5.74) is 15.9. The van der Waals surface area contributed by atoms with Crippen LogP contribution in [-0.4, -0.2) is 71.7 Å². The average Bonchev–Trinajstić information content (AvgIpc) is 3.64. The van der Waals surface area contributed by atoms with E-state index in [1.807, 2.05) is 91.0 Å². The van der Waals surface area contributed by atoms with Crippen molar-refractivity contribution < 1.29 is 24.5 Å². The highest BCUT2D eigenvalue weighted by atomic mass is 32.2. The normalized spacial score (nSPS) is 20.6. The number of carbonyl (C=O) groups excluding carboxylic acids is 1. The van der Waals surface area contributed by atoms with Crippen molar-refractivity contribution in [1.82, 2.24) is 24.8 Å². The molecule has 0 aliphatic carbocycles. The molecule has 7 N–H and O–H groups in total. The number of anilines is 1. The van der Waals surface area contributed by atoms with Crippen molar-refractivity contribution >= 4 is 40.6 Å². The van der Waals surface area contributed by atoms with E-state index in [4.69, 9.17) is 16.2 Å². The molecule has 0 radical (unpaired) electrons. The molecule has 0 bridgehead atoms. The Morgan fingerprint density at radius 1 is 0.933 bits per heavy atom. The number of aliphatic hydroxyl groups is 1. The fourth-order valence-electron chi connectivity index (χ4n) is 5.66. The fraction of sp³-hybridized carbons (Fsp3) is 0.219. The van der Waals surface area contributed by atoms with E-state index < -0.39 is 47.1 Å². The van der Waals surface area contributed by atoms with Crippen molar-refractivity contribution in [3.8, 4) is 0 Å². The van der Waals surface area contributed by atoms with Crippen molar-refractivity contribution in [3.63, 3.8) is 0 Å². The van der Waals surface area contributed by atoms with Crippen LogP contribution in [0.25, 0.3) is 11.2 Å². The number of nitrogen functional groups attached to an aromatic ring is 1. The number of hydrogen-bond donors (Lipinski definition) is 5. The molecule has 3 heterocycles. The van der Waals surface area contributed by atoms with Crippen molar-refractivity contribution in [2.75, 3.05) is 11.5 Å². The zero-order valence-corrected chi connectivity index (χ0v) is 24.7. The highest BCUT2D eigenvalue weighted by Crippen LogP contribution is 2.48. The molecule has 6 rings (SSSR count). The topological polar surface area (TPSA) is 192 Å². The number of ether oxygens (including phenoxy) is 1. The number of carbonyl (C=O) groups is 2. The monoisotopic (exact) mass is 625 g/mol. The predicted octanol–water partition coefficient (Wildman–Crippen LogP) is 2.29. The highest BCUT2D eigenvalue weighted by molar-refractivity contribution is 8.00. The van der Waals surface area contributed by atoms with E-state index in [0.29, 0.717) is 0 Å². The Labute approximate surface area is 262 Å². The minimum Gasteiger partial charge on any atom is -0.479 e. The molecule has 1 saturated heterocycles. The van der Waals surface area contributed by atoms with Gasteiger partial charge in [-0.2, -0.15) is 0 Å². The molecule has 2 aromatic heterocycles. The van der Waals surface area contributed by atoms with Crippen LogP contribution in [0.3, 0.4) is 0 Å². The third-order valence-electron chi connectivity index (χ3n) is 7.84. The number of benzene rings is 3. The Kier molecular flexibility index (Phi) is 8.50. The number of thioether (sulfide) groups is 1. The lowest BCUT2D eigenvalue weighted by atomic mass is 9.84. The zero-order valence-electron chi connectivity index (χ0n) is 23.9. The SMILES string of the molecule is Nc1ncnc2c1ncn2C1OC(C(=O)O)C(NC(=O)C(N)CSC(c2ccccc2)(c2ccccc2)c2ccccc2)C1O. The maximum absolute atomic E-state index is 13.5. The Morgan fingerprint density at radius 3 is 2.02 bits per heavy atom. The van der Waals surface area contributed by atoms with Gasteiger partial charge in [0.05, 0.1) is 23.2 Å². The number of nitrogens with two attached hydrogens (primary N) is 2. The van der Waals surface area contributed by atoms with Gasteiger partial charge in [-0.15, -0.1) is 11.8 Å². The van der Waals surface area contributed by atoms with Gasteiger partial charge in [0.25, 0.3) is 0 Å². The van der Waals surface area contributed by atoms with Crippen molar-refractivity contribution in [1.29, 1.82) is 0 Å². The summed E-state index contributed by atoms with van der Waals surface area (Å²) < 4.78 is 6.38. The van der Waals surface area contributed by atoms with Gasteiger partial charge in [-0.1, -0.05) is 91.0 Å². The molecular weight excluding hydrogens is 594 g/mol. The van der Waals surface area contributed by atoms with Crippen molar-refractivity contribution in [2.45, 2.75) is 35.3 Å². The van der Waals surface area contributed by atoms with Crippen LogP contribution in [0.2, 0.25) is 0 Å². The lowest BCUT2D eigenvalue weighted by Gasteiger charge is -2.36. The van der Waals surface area contributed by atoms with Gasteiger partial charge in [0, 0.05) is 5.75 Å². The fourth-order valence-corrected chi connectivity index (χ4v) is 7.15. The first-order valence-corrected chi connectivity index (χ1v) is 15.2. The van der Waals surface area contributed by atoms with E-state index in [1.165, 1.54) is 29.0 Å². The molecule has 3 aromatic carbocycles. The van der Waals surface area contributed by atoms with Gasteiger partial charge in [0.15, 0.2) is 23.8 Å². The van der Waals surface area contributed by atoms with Gasteiger partial charge in [-0.25, -0.2) is 19.7 Å². The van der Waals surface area contributed by atoms with Crippen LogP contribution in [0, 0.1) is 0 Å². The molecule has 1 fully saturated rings. The number of carboxylic acids is 1. The number of amides is 1. The van der Waals surface area contributed by atoms with Crippen LogP contribution < -0.4 is 16.8 Å². The predicted molar refractivity (Wildman–Crippen MR) is 169 cm³/mol. The molecular formula is C32H31N7O5S. The Bertz CT molecular complexity index is 1690. The Balaban J connectivity index is 1.26. The molecule has 12 nitrogen and oxygen atoms in total. The van der Waals surface area contributed by atoms with Gasteiger partial charge in [0.1, 0.15) is 17.9 Å². The average molecular weight is 626 g/mol. The number of nitrogens with zero attached hydrogens (tertiary/aromatic N) is 4. The second-order valence-corrected chi connectivity index (χ2v) is 11.8. The summed E-state index contributed by atoms with van der Waals surface area (Å²) in [5.74, 6) is -1.71. The number of nitrogens with one attached hydrogen (secondary N) is 1. The van der Waals surface area contributed by atoms with Gasteiger partial charge in [-0.05, 0) is 16.7 Å². The molecule has 5 aromatic rings. The van der Waals surface area contributed by atoms with E-state index in [-0.39, 0.29) is 22.7 Å². The molecule has 230 valence electrons. The maximum atomic E-state index is 13.5. The first-order chi connectivity index (χ1) is 21.8. The third kappa shape index (κ3) is 5.62. The third-order valence-corrected chi connectivity index (χ3v) is 9.51. The molecule has 1 amide bonds. The molecule has 5 unspecified atom stereocenters. The number of hydrogen-bond acceptors (Lipinski definition) is 10. The van der Waals surface area contributed by atoms with E-state index in [9.17, 15) is 19.8 Å². The number of aromatic nitrogens is 4. The smallest absolute Gasteiger partial charge is 0.335 e. The molecule has 13 heteroatoms. The van der Waals surface area contributed by atoms with Gasteiger partial charge < -0.3 is 31.7 Å². The lowest BCUT2D eigenvalue weighted by molar-refractivity contribution is -0.152. The van der Waals surface area contributed by atoms with Crippen LogP contribution in [-0.2, 0) is 19.1 Å². The minimum atomic E-state index is -1.57. The molecule has 1 aliphatic heterocycles. The van der Waals surface area contributed by atoms with E-state index in [1.54, 1.807) is 0 Å². The minimum absolute atomic E-state index is 0.118. The first kappa shape index (κ1) is 30.2. The van der Waals surface area contributed by atoms with E-state index in [2.05, 4.69) is 20.3 Å². The summed E-state index contributed by atoms with van der Waals surface area (Å²) in [4.78, 5) is 37.9. The van der Waals surface area contributed by atoms with E-state index in [0.717, 1.165) is 16.7 Å². The summed E-state index contributed by atoms with van der Waals surface area (Å²) in [6.07, 6.45) is -1.71. The second-order valence-electron chi connectivity index (χ2n) is 10.6. The maximum Gasteiger partial charge on any atom is 0.335 e. The number of aliphatic carboxylic acids is 1. The molecule has 0 spiro atoms. The Morgan fingerprint density at radius 2 is 1.49 bits per heavy atom. The van der Waals surface area contributed by atoms with Crippen molar-refractivity contribution in [3.05, 3.63) is 120 Å². The first-order valence-electron chi connectivity index (χ1n) is 14.2. The number of fused-ring (bicyclic) bond motifs is 1. The highest BCUT2D eigenvalue weighted by Gasteiger charge is 2.50. The van der Waals surface area contributed by atoms with Crippen LogP contribution in [0.1, 0.15) is 22.9 Å². The second kappa shape index (κ2) is 12.7. The number of aliphatic hydroxyl groups excluding tert-OH is 1. The van der Waals surface area contributed by atoms with Crippen LogP contribution in [0.5, 0.6) is 0 Å². The van der Waals surface area contributed by atoms with Gasteiger partial charge in [-0.3, -0.25) is 9.36 Å². The van der Waals surface area contributed by atoms with Crippen LogP contribution in [0.4, 0.5) is 5.82 Å².